The molecule has 1 rings (SSSR count). The van der Waals surface area contributed by atoms with Crippen LogP contribution in [0.3, 0.4) is 0 Å². The van der Waals surface area contributed by atoms with Gasteiger partial charge in [0.15, 0.2) is 0 Å². The van der Waals surface area contributed by atoms with E-state index in [9.17, 15) is 0 Å². The minimum Gasteiger partial charge on any atom is -0.327 e. The van der Waals surface area contributed by atoms with Crippen molar-refractivity contribution < 1.29 is 0 Å². The summed E-state index contributed by atoms with van der Waals surface area (Å²) < 4.78 is 0. The van der Waals surface area contributed by atoms with Gasteiger partial charge in [-0.15, -0.1) is 0 Å². The molecule has 2 N–H and O–H groups in total. The molecular weight excluding hydrogens is 146 g/mol. The maximum atomic E-state index is 5.51. The smallest absolute Gasteiger partial charge is 0.0109 e. The summed E-state index contributed by atoms with van der Waals surface area (Å²) in [7, 11) is 0. The minimum atomic E-state index is 0.731. The highest BCUT2D eigenvalue weighted by Gasteiger charge is 2.01. The number of rotatable bonds is 1. The summed E-state index contributed by atoms with van der Waals surface area (Å²) in [5.74, 6) is 0. The third kappa shape index (κ3) is 3.91. The third-order valence-corrected chi connectivity index (χ3v) is 2.65. The molecule has 0 amide bonds. The van der Waals surface area contributed by atoms with Crippen LogP contribution in [0.25, 0.3) is 0 Å². The molecule has 0 radical (unpaired) electrons. The highest BCUT2D eigenvalue weighted by atomic mass is 14.5. The van der Waals surface area contributed by atoms with E-state index in [1.807, 2.05) is 0 Å². The van der Waals surface area contributed by atoms with Gasteiger partial charge in [-0.25, -0.2) is 0 Å². The van der Waals surface area contributed by atoms with Crippen LogP contribution >= 0.6 is 0 Å². The van der Waals surface area contributed by atoms with Crippen LogP contribution in [-0.4, -0.2) is 6.54 Å². The molecule has 0 saturated heterocycles. The summed E-state index contributed by atoms with van der Waals surface area (Å²) in [5.41, 5.74) is 7.12. The summed E-state index contributed by atoms with van der Waals surface area (Å²) in [6.07, 6.45) is 13.3. The Hall–Kier alpha value is -0.300. The standard InChI is InChI=1S/C11H21N/c12-10-9-11-7-5-3-1-2-4-6-8-11/h9H,1-8,10,12H2. The molecule has 1 saturated carbocycles. The molecule has 1 heteroatoms. The molecule has 0 spiro atoms. The number of allylic oxidation sites excluding steroid dienone is 1. The van der Waals surface area contributed by atoms with Crippen molar-refractivity contribution in [2.75, 3.05) is 6.54 Å². The normalized spacial score (nSPS) is 20.9. The highest BCUT2D eigenvalue weighted by Crippen LogP contribution is 2.20. The molecule has 0 aliphatic heterocycles. The lowest BCUT2D eigenvalue weighted by molar-refractivity contribution is 0.624. The van der Waals surface area contributed by atoms with E-state index in [0.717, 1.165) is 6.54 Å². The SMILES string of the molecule is NCC=C1CCCCCCCC1. The van der Waals surface area contributed by atoms with Gasteiger partial charge in [0.1, 0.15) is 0 Å². The monoisotopic (exact) mass is 167 g/mol. The highest BCUT2D eigenvalue weighted by molar-refractivity contribution is 5.02. The molecule has 1 aliphatic carbocycles. The molecule has 0 aromatic rings. The first-order valence-electron chi connectivity index (χ1n) is 5.31. The maximum Gasteiger partial charge on any atom is 0.0109 e. The lowest BCUT2D eigenvalue weighted by atomic mass is 10.0. The lowest BCUT2D eigenvalue weighted by Crippen LogP contribution is -1.96. The molecule has 1 nitrogen and oxygen atoms in total. The molecule has 12 heavy (non-hydrogen) atoms. The zero-order valence-electron chi connectivity index (χ0n) is 8.02. The predicted octanol–water partition coefficient (Wildman–Crippen LogP) is 3.01. The Bertz CT molecular complexity index is 126. The van der Waals surface area contributed by atoms with Crippen LogP contribution in [0.1, 0.15) is 51.4 Å². The van der Waals surface area contributed by atoms with Gasteiger partial charge >= 0.3 is 0 Å². The Kier molecular flexibility index (Phi) is 5.09. The molecule has 0 bridgehead atoms. The minimum absolute atomic E-state index is 0.731. The number of hydrogen-bond acceptors (Lipinski definition) is 1. The molecule has 1 aliphatic rings. The second-order valence-electron chi connectivity index (χ2n) is 3.72. The summed E-state index contributed by atoms with van der Waals surface area (Å²) in [6.45, 7) is 0.731. The summed E-state index contributed by atoms with van der Waals surface area (Å²) in [4.78, 5) is 0. The van der Waals surface area contributed by atoms with Gasteiger partial charge in [-0.2, -0.15) is 0 Å². The second kappa shape index (κ2) is 6.24. The van der Waals surface area contributed by atoms with Crippen molar-refractivity contribution in [2.24, 2.45) is 5.73 Å². The molecule has 0 aromatic carbocycles. The van der Waals surface area contributed by atoms with Gasteiger partial charge in [-0.3, -0.25) is 0 Å². The van der Waals surface area contributed by atoms with Crippen LogP contribution in [0.2, 0.25) is 0 Å². The summed E-state index contributed by atoms with van der Waals surface area (Å²) >= 11 is 0. The number of hydrogen-bond donors (Lipinski definition) is 1. The Morgan fingerprint density at radius 1 is 0.917 bits per heavy atom. The molecule has 0 atom stereocenters. The average Bonchev–Trinajstić information content (AvgIpc) is 2.19. The van der Waals surface area contributed by atoms with E-state index in [-0.39, 0.29) is 0 Å². The Balaban J connectivity index is 2.33. The van der Waals surface area contributed by atoms with Crippen LogP contribution in [0, 0.1) is 0 Å². The van der Waals surface area contributed by atoms with Gasteiger partial charge in [0.25, 0.3) is 0 Å². The first kappa shape index (κ1) is 9.79. The van der Waals surface area contributed by atoms with E-state index in [4.69, 9.17) is 5.73 Å². The van der Waals surface area contributed by atoms with Crippen molar-refractivity contribution in [1.82, 2.24) is 0 Å². The fraction of sp³-hybridized carbons (Fsp3) is 0.818. The lowest BCUT2D eigenvalue weighted by Gasteiger charge is -2.03. The van der Waals surface area contributed by atoms with Gasteiger partial charge in [-0.1, -0.05) is 37.3 Å². The summed E-state index contributed by atoms with van der Waals surface area (Å²) in [6, 6.07) is 0. The average molecular weight is 167 g/mol. The molecule has 0 aromatic heterocycles. The predicted molar refractivity (Wildman–Crippen MR) is 54.1 cm³/mol. The third-order valence-electron chi connectivity index (χ3n) is 2.65. The Morgan fingerprint density at radius 2 is 1.42 bits per heavy atom. The van der Waals surface area contributed by atoms with Crippen LogP contribution in [0.15, 0.2) is 11.6 Å². The van der Waals surface area contributed by atoms with E-state index in [0.29, 0.717) is 0 Å². The molecular formula is C11H21N. The number of nitrogens with two attached hydrogens (primary N) is 1. The van der Waals surface area contributed by atoms with Gasteiger partial charge in [0.2, 0.25) is 0 Å². The Morgan fingerprint density at radius 3 is 1.92 bits per heavy atom. The molecule has 0 heterocycles. The zero-order valence-corrected chi connectivity index (χ0v) is 8.02. The van der Waals surface area contributed by atoms with Gasteiger partial charge in [0, 0.05) is 6.54 Å². The topological polar surface area (TPSA) is 26.0 Å². The van der Waals surface area contributed by atoms with Gasteiger partial charge in [-0.05, 0) is 25.7 Å². The van der Waals surface area contributed by atoms with E-state index >= 15 is 0 Å². The Labute approximate surface area is 76.0 Å². The largest absolute Gasteiger partial charge is 0.327 e. The second-order valence-corrected chi connectivity index (χ2v) is 3.72. The first-order chi connectivity index (χ1) is 5.93. The van der Waals surface area contributed by atoms with Crippen molar-refractivity contribution in [1.29, 1.82) is 0 Å². The fourth-order valence-corrected chi connectivity index (χ4v) is 1.91. The van der Waals surface area contributed by atoms with Crippen molar-refractivity contribution in [3.05, 3.63) is 11.6 Å². The van der Waals surface area contributed by atoms with Crippen LogP contribution in [0.5, 0.6) is 0 Å². The zero-order chi connectivity index (χ0) is 8.65. The quantitative estimate of drug-likeness (QED) is 0.597. The van der Waals surface area contributed by atoms with Gasteiger partial charge in [0.05, 0.1) is 0 Å². The van der Waals surface area contributed by atoms with Crippen molar-refractivity contribution >= 4 is 0 Å². The van der Waals surface area contributed by atoms with E-state index in [2.05, 4.69) is 6.08 Å². The fourth-order valence-electron chi connectivity index (χ4n) is 1.91. The van der Waals surface area contributed by atoms with E-state index in [1.165, 1.54) is 51.4 Å². The van der Waals surface area contributed by atoms with Crippen molar-refractivity contribution in [2.45, 2.75) is 51.4 Å². The van der Waals surface area contributed by atoms with E-state index < -0.39 is 0 Å². The summed E-state index contributed by atoms with van der Waals surface area (Å²) in [5, 5.41) is 0. The van der Waals surface area contributed by atoms with Crippen LogP contribution < -0.4 is 5.73 Å². The molecule has 70 valence electrons. The molecule has 0 unspecified atom stereocenters. The first-order valence-corrected chi connectivity index (χ1v) is 5.31. The van der Waals surface area contributed by atoms with Crippen molar-refractivity contribution in [3.63, 3.8) is 0 Å². The van der Waals surface area contributed by atoms with Crippen molar-refractivity contribution in [3.8, 4) is 0 Å². The van der Waals surface area contributed by atoms with Crippen LogP contribution in [0.4, 0.5) is 0 Å². The van der Waals surface area contributed by atoms with Crippen LogP contribution in [-0.2, 0) is 0 Å². The van der Waals surface area contributed by atoms with E-state index in [1.54, 1.807) is 5.57 Å². The maximum absolute atomic E-state index is 5.51. The van der Waals surface area contributed by atoms with Gasteiger partial charge < -0.3 is 5.73 Å². The molecule has 1 fully saturated rings.